The molecule has 1 saturated heterocycles. The average Bonchev–Trinajstić information content (AvgIpc) is 3.07. The van der Waals surface area contributed by atoms with Gasteiger partial charge in [0.25, 0.3) is 0 Å². The third-order valence-corrected chi connectivity index (χ3v) is 8.41. The second kappa shape index (κ2) is 12.8. The van der Waals surface area contributed by atoms with Crippen LogP contribution in [-0.4, -0.2) is 58.3 Å². The van der Waals surface area contributed by atoms with Gasteiger partial charge in [0.15, 0.2) is 11.6 Å². The number of carbonyl (C=O) groups excluding carboxylic acids is 1. The lowest BCUT2D eigenvalue weighted by Crippen LogP contribution is -2.62. The molecule has 1 aliphatic heterocycles. The van der Waals surface area contributed by atoms with Crippen LogP contribution in [0.2, 0.25) is 5.15 Å². The van der Waals surface area contributed by atoms with Crippen molar-refractivity contribution in [2.24, 2.45) is 5.41 Å². The van der Waals surface area contributed by atoms with Gasteiger partial charge in [0.05, 0.1) is 22.3 Å². The molecule has 1 atom stereocenters. The Hall–Kier alpha value is -3.23. The Morgan fingerprint density at radius 1 is 1.02 bits per heavy atom. The number of aromatic nitrogens is 1. The molecule has 0 radical (unpaired) electrons. The van der Waals surface area contributed by atoms with Crippen LogP contribution in [0.25, 0.3) is 0 Å². The standard InChI is InChI=1S/C31H42BClF3N3O7/c1-26(2,3)30(39-24(40)41,16-18-12-11-13-19(14-18)31(34,35)36)17-43-21-15-20(32-45-28(7,8)29(9,10)46-32)22(33)37-23(21)38-25(42)44-27(4,5)6/h11-15,39H,16-17H2,1-10H3,(H,40,41)(H,37,38,42)/t30-/m1/s1. The Labute approximate surface area is 272 Å². The van der Waals surface area contributed by atoms with E-state index < -0.39 is 65.4 Å². The van der Waals surface area contributed by atoms with Crippen LogP contribution in [-0.2, 0) is 26.6 Å². The normalized spacial score (nSPS) is 17.7. The zero-order valence-corrected chi connectivity index (χ0v) is 28.5. The van der Waals surface area contributed by atoms with Gasteiger partial charge in [-0.05, 0) is 78.0 Å². The molecule has 1 fully saturated rings. The summed E-state index contributed by atoms with van der Waals surface area (Å²) in [6.45, 7) is 17.2. The Bertz CT molecular complexity index is 1440. The van der Waals surface area contributed by atoms with Crippen molar-refractivity contribution in [3.05, 3.63) is 46.6 Å². The van der Waals surface area contributed by atoms with Crippen LogP contribution in [0.5, 0.6) is 5.75 Å². The van der Waals surface area contributed by atoms with Gasteiger partial charge >= 0.3 is 25.5 Å². The number of carboxylic acid groups (broad SMARTS) is 1. The number of alkyl halides is 3. The van der Waals surface area contributed by atoms with E-state index in [0.29, 0.717) is 0 Å². The Morgan fingerprint density at radius 2 is 1.61 bits per heavy atom. The first-order valence-electron chi connectivity index (χ1n) is 14.6. The average molecular weight is 672 g/mol. The fourth-order valence-electron chi connectivity index (χ4n) is 4.63. The first kappa shape index (κ1) is 37.2. The maximum atomic E-state index is 13.5. The molecular formula is C31H42BClF3N3O7. The predicted molar refractivity (Wildman–Crippen MR) is 169 cm³/mol. The van der Waals surface area contributed by atoms with Crippen LogP contribution in [0.1, 0.15) is 80.4 Å². The Kier molecular flexibility index (Phi) is 10.3. The molecular weight excluding hydrogens is 630 g/mol. The van der Waals surface area contributed by atoms with Crippen LogP contribution in [0.4, 0.5) is 28.6 Å². The molecule has 3 rings (SSSR count). The number of carbonyl (C=O) groups is 2. The van der Waals surface area contributed by atoms with E-state index in [1.807, 2.05) is 27.7 Å². The number of pyridine rings is 1. The van der Waals surface area contributed by atoms with Crippen molar-refractivity contribution in [1.29, 1.82) is 0 Å². The highest BCUT2D eigenvalue weighted by atomic mass is 35.5. The lowest BCUT2D eigenvalue weighted by molar-refractivity contribution is -0.137. The molecule has 2 heterocycles. The molecule has 0 spiro atoms. The van der Waals surface area contributed by atoms with Gasteiger partial charge in [-0.15, -0.1) is 0 Å². The van der Waals surface area contributed by atoms with Gasteiger partial charge in [-0.2, -0.15) is 13.2 Å². The zero-order chi connectivity index (χ0) is 35.1. The van der Waals surface area contributed by atoms with Crippen molar-refractivity contribution in [2.45, 2.75) is 104 Å². The van der Waals surface area contributed by atoms with E-state index in [1.165, 1.54) is 18.2 Å². The molecule has 254 valence electrons. The summed E-state index contributed by atoms with van der Waals surface area (Å²) in [5.41, 5.74) is -5.09. The first-order valence-corrected chi connectivity index (χ1v) is 15.0. The van der Waals surface area contributed by atoms with E-state index in [0.717, 1.165) is 12.1 Å². The van der Waals surface area contributed by atoms with Crippen molar-refractivity contribution in [3.8, 4) is 5.75 Å². The summed E-state index contributed by atoms with van der Waals surface area (Å²) in [5, 5.41) is 14.9. The fourth-order valence-corrected chi connectivity index (χ4v) is 4.86. The summed E-state index contributed by atoms with van der Waals surface area (Å²) >= 11 is 6.57. The molecule has 1 aromatic heterocycles. The van der Waals surface area contributed by atoms with Crippen molar-refractivity contribution < 1.29 is 46.6 Å². The lowest BCUT2D eigenvalue weighted by atomic mass is 9.70. The molecule has 15 heteroatoms. The Morgan fingerprint density at radius 3 is 2.11 bits per heavy atom. The topological polar surface area (TPSA) is 128 Å². The molecule has 1 aromatic carbocycles. The van der Waals surface area contributed by atoms with Gasteiger partial charge in [-0.3, -0.25) is 5.32 Å². The van der Waals surface area contributed by atoms with Crippen LogP contribution in [0, 0.1) is 5.41 Å². The largest absolute Gasteiger partial charge is 0.498 e. The number of hydrogen-bond acceptors (Lipinski definition) is 7. The minimum atomic E-state index is -4.60. The monoisotopic (exact) mass is 671 g/mol. The van der Waals surface area contributed by atoms with Crippen molar-refractivity contribution in [3.63, 3.8) is 0 Å². The smallest absolute Gasteiger partial charge is 0.487 e. The molecule has 0 unspecified atom stereocenters. The number of nitrogens with zero attached hydrogens (tertiary/aromatic N) is 1. The summed E-state index contributed by atoms with van der Waals surface area (Å²) in [4.78, 5) is 29.2. The summed E-state index contributed by atoms with van der Waals surface area (Å²) in [5.74, 6) is -0.179. The van der Waals surface area contributed by atoms with Crippen molar-refractivity contribution in [1.82, 2.24) is 10.3 Å². The highest BCUT2D eigenvalue weighted by Crippen LogP contribution is 2.39. The molecule has 0 aliphatic carbocycles. The van der Waals surface area contributed by atoms with E-state index in [1.54, 1.807) is 41.5 Å². The fraction of sp³-hybridized carbons (Fsp3) is 0.581. The van der Waals surface area contributed by atoms with Gasteiger partial charge in [-0.1, -0.05) is 50.6 Å². The van der Waals surface area contributed by atoms with E-state index in [4.69, 9.17) is 30.4 Å². The third-order valence-electron chi connectivity index (χ3n) is 8.11. The highest BCUT2D eigenvalue weighted by molar-refractivity contribution is 6.65. The van der Waals surface area contributed by atoms with Gasteiger partial charge < -0.3 is 29.2 Å². The van der Waals surface area contributed by atoms with Gasteiger partial charge in [-0.25, -0.2) is 14.6 Å². The number of ether oxygens (including phenoxy) is 2. The summed E-state index contributed by atoms with van der Waals surface area (Å²) in [6, 6.07) is 6.11. The molecule has 2 aromatic rings. The minimum absolute atomic E-state index is 0.0372. The van der Waals surface area contributed by atoms with E-state index in [2.05, 4.69) is 15.6 Å². The first-order chi connectivity index (χ1) is 20.8. The summed E-state index contributed by atoms with van der Waals surface area (Å²) in [6.07, 6.45) is -7.05. The Balaban J connectivity index is 2.11. The summed E-state index contributed by atoms with van der Waals surface area (Å²) < 4.78 is 64.5. The van der Waals surface area contributed by atoms with Crippen LogP contribution in [0.3, 0.4) is 0 Å². The summed E-state index contributed by atoms with van der Waals surface area (Å²) in [7, 11) is -0.974. The van der Waals surface area contributed by atoms with Crippen LogP contribution < -0.4 is 20.8 Å². The minimum Gasteiger partial charge on any atom is -0.487 e. The van der Waals surface area contributed by atoms with Crippen molar-refractivity contribution >= 4 is 42.2 Å². The number of halogens is 4. The second-order valence-corrected chi connectivity index (χ2v) is 14.7. The third kappa shape index (κ3) is 8.77. The SMILES string of the molecule is CC(C)(C)OC(=O)Nc1nc(Cl)c(B2OC(C)(C)C(C)(C)O2)cc1OC[C@@](Cc1cccc(C(F)(F)F)c1)(NC(=O)O)C(C)(C)C. The second-order valence-electron chi connectivity index (χ2n) is 14.4. The van der Waals surface area contributed by atoms with E-state index in [9.17, 15) is 27.9 Å². The number of rotatable bonds is 8. The number of amides is 2. The maximum absolute atomic E-state index is 13.5. The van der Waals surface area contributed by atoms with Gasteiger partial charge in [0.2, 0.25) is 0 Å². The molecule has 10 nitrogen and oxygen atoms in total. The number of hydrogen-bond donors (Lipinski definition) is 3. The predicted octanol–water partition coefficient (Wildman–Crippen LogP) is 7.07. The van der Waals surface area contributed by atoms with Crippen LogP contribution in [0.15, 0.2) is 30.3 Å². The quantitative estimate of drug-likeness (QED) is 0.201. The lowest BCUT2D eigenvalue weighted by Gasteiger charge is -2.44. The molecule has 1 aliphatic rings. The number of nitrogens with one attached hydrogen (secondary N) is 2. The zero-order valence-electron chi connectivity index (χ0n) is 27.7. The molecule has 0 saturated carbocycles. The molecule has 46 heavy (non-hydrogen) atoms. The van der Waals surface area contributed by atoms with E-state index in [-0.39, 0.29) is 34.2 Å². The molecule has 0 bridgehead atoms. The molecule has 3 N–H and O–H groups in total. The number of benzene rings is 1. The van der Waals surface area contributed by atoms with Gasteiger partial charge in [0.1, 0.15) is 17.4 Å². The molecule has 2 amide bonds. The van der Waals surface area contributed by atoms with Crippen molar-refractivity contribution in [2.75, 3.05) is 11.9 Å². The highest BCUT2D eigenvalue weighted by Gasteiger charge is 2.53. The van der Waals surface area contributed by atoms with E-state index >= 15 is 0 Å². The number of anilines is 1. The maximum Gasteiger partial charge on any atom is 0.498 e. The van der Waals surface area contributed by atoms with Gasteiger partial charge in [0, 0.05) is 5.46 Å². The van der Waals surface area contributed by atoms with Crippen LogP contribution >= 0.6 is 11.6 Å².